The molecule has 0 radical (unpaired) electrons. The summed E-state index contributed by atoms with van der Waals surface area (Å²) in [6, 6.07) is 31.3. The summed E-state index contributed by atoms with van der Waals surface area (Å²) in [5, 5.41) is 0. The minimum atomic E-state index is -3.02. The first-order chi connectivity index (χ1) is 22.2. The van der Waals surface area contributed by atoms with E-state index in [9.17, 15) is 0 Å². The number of ether oxygens (including phenoxy) is 5. The number of hydrogen-bond acceptors (Lipinski definition) is 5. The van der Waals surface area contributed by atoms with E-state index < -0.39 is 24.7 Å². The van der Waals surface area contributed by atoms with Gasteiger partial charge in [0.25, 0.3) is 0 Å². The first kappa shape index (κ1) is 34.6. The summed E-state index contributed by atoms with van der Waals surface area (Å²) in [4.78, 5) is 0. The van der Waals surface area contributed by atoms with Crippen molar-refractivity contribution in [2.45, 2.75) is 121 Å². The number of unbranched alkanes of at least 4 members (excludes halogenated alkanes) is 3. The topological polar surface area (TPSA) is 46.2 Å². The zero-order chi connectivity index (χ0) is 31.3. The van der Waals surface area contributed by atoms with Crippen molar-refractivity contribution in [1.29, 1.82) is 0 Å². The number of rotatable bonds is 17. The van der Waals surface area contributed by atoms with Crippen molar-refractivity contribution < 1.29 is 23.7 Å². The van der Waals surface area contributed by atoms with Crippen LogP contribution in [0.3, 0.4) is 0 Å². The van der Waals surface area contributed by atoms with Crippen molar-refractivity contribution in [2.75, 3.05) is 6.61 Å². The molecule has 244 valence electrons. The van der Waals surface area contributed by atoms with Crippen LogP contribution in [0.25, 0.3) is 0 Å². The molecule has 2 aliphatic heterocycles. The van der Waals surface area contributed by atoms with Gasteiger partial charge in [-0.3, -0.25) is 0 Å². The summed E-state index contributed by atoms with van der Waals surface area (Å²) in [7, 11) is 0. The third-order valence-electron chi connectivity index (χ3n) is 9.66. The molecular weight excluding hydrogens is 667 g/mol. The molecule has 3 aromatic rings. The second kappa shape index (κ2) is 18.0. The molecule has 5 nitrogen and oxygen atoms in total. The SMILES string of the molecule is CCC[CH2][Sn]([CH2]CCC)([CH2]CCC)[C@@H]1O[C@@H]2COC(c3ccccc3)O[C@H]2[C@H](OCc2ccccc2)[C@@H]1OCc1ccccc1. The predicted octanol–water partition coefficient (Wildman–Crippen LogP) is 9.43. The van der Waals surface area contributed by atoms with Crippen LogP contribution in [-0.2, 0) is 36.9 Å². The predicted molar refractivity (Wildman–Crippen MR) is 184 cm³/mol. The van der Waals surface area contributed by atoms with E-state index >= 15 is 0 Å². The van der Waals surface area contributed by atoms with Crippen molar-refractivity contribution in [3.05, 3.63) is 108 Å². The fraction of sp³-hybridized carbons (Fsp3) is 0.538. The summed E-state index contributed by atoms with van der Waals surface area (Å²) >= 11 is -3.02. The Morgan fingerprint density at radius 3 is 1.62 bits per heavy atom. The fourth-order valence-corrected chi connectivity index (χ4v) is 24.9. The van der Waals surface area contributed by atoms with Crippen molar-refractivity contribution >= 4 is 18.4 Å². The number of fused-ring (bicyclic) bond motifs is 1. The molecule has 0 amide bonds. The van der Waals surface area contributed by atoms with Gasteiger partial charge in [0.05, 0.1) is 0 Å². The maximum absolute atomic E-state index is 7.35. The van der Waals surface area contributed by atoms with Crippen LogP contribution in [0.4, 0.5) is 0 Å². The van der Waals surface area contributed by atoms with Gasteiger partial charge in [0.1, 0.15) is 0 Å². The van der Waals surface area contributed by atoms with Gasteiger partial charge in [-0.2, -0.15) is 0 Å². The zero-order valence-corrected chi connectivity index (χ0v) is 30.5. The number of benzene rings is 3. The first-order valence-electron chi connectivity index (χ1n) is 17.5. The van der Waals surface area contributed by atoms with E-state index in [1.165, 1.54) is 57.4 Å². The Kier molecular flexibility index (Phi) is 13.8. The Bertz CT molecular complexity index is 1200. The summed E-state index contributed by atoms with van der Waals surface area (Å²) in [5.74, 6) is 0. The van der Waals surface area contributed by atoms with Crippen molar-refractivity contribution in [1.82, 2.24) is 0 Å². The van der Waals surface area contributed by atoms with E-state index in [4.69, 9.17) is 23.7 Å². The quantitative estimate of drug-likeness (QED) is 0.130. The Balaban J connectivity index is 1.54. The molecule has 2 fully saturated rings. The van der Waals surface area contributed by atoms with E-state index in [1.807, 2.05) is 18.2 Å². The van der Waals surface area contributed by atoms with Gasteiger partial charge < -0.3 is 0 Å². The summed E-state index contributed by atoms with van der Waals surface area (Å²) < 4.78 is 38.8. The van der Waals surface area contributed by atoms with Gasteiger partial charge in [0.15, 0.2) is 0 Å². The first-order valence-corrected chi connectivity index (χ1v) is 25.2. The molecule has 2 saturated heterocycles. The molecule has 0 saturated carbocycles. The summed E-state index contributed by atoms with van der Waals surface area (Å²) in [6.07, 6.45) is 6.02. The molecule has 1 unspecified atom stereocenters. The molecule has 45 heavy (non-hydrogen) atoms. The number of hydrogen-bond donors (Lipinski definition) is 0. The summed E-state index contributed by atoms with van der Waals surface area (Å²) in [5.41, 5.74) is 3.35. The van der Waals surface area contributed by atoms with E-state index in [2.05, 4.69) is 93.6 Å². The van der Waals surface area contributed by atoms with Gasteiger partial charge in [0.2, 0.25) is 0 Å². The van der Waals surface area contributed by atoms with E-state index in [-0.39, 0.29) is 28.5 Å². The standard InChI is InChI=1S/C27H27O5.3C4H9.Sn/c1-4-10-20(11-5-1)16-28-23-18-29-24-19-31-27(22-14-8-3-9-15-22)32-26(24)25(23)30-17-21-12-6-2-7-13-21;3*1-3-4-2;/h1-15,18,23-27H,16-17,19H2;3*1,3-4H2,2H3;/t23-,24-,25-,26-,27?;;;;/m1..../s1. The van der Waals surface area contributed by atoms with E-state index in [0.29, 0.717) is 19.8 Å². The average Bonchev–Trinajstić information content (AvgIpc) is 3.10. The van der Waals surface area contributed by atoms with Crippen molar-refractivity contribution in [3.63, 3.8) is 0 Å². The molecular formula is C39H54O5Sn. The van der Waals surface area contributed by atoms with Crippen LogP contribution in [0, 0.1) is 0 Å². The second-order valence-corrected chi connectivity index (χ2v) is 26.6. The second-order valence-electron chi connectivity index (χ2n) is 13.0. The van der Waals surface area contributed by atoms with Gasteiger partial charge in [-0.05, 0) is 0 Å². The molecule has 3 aromatic carbocycles. The Hall–Kier alpha value is -1.74. The summed E-state index contributed by atoms with van der Waals surface area (Å²) in [6.45, 7) is 8.52. The van der Waals surface area contributed by atoms with Crippen molar-refractivity contribution in [3.8, 4) is 0 Å². The maximum atomic E-state index is 7.35. The van der Waals surface area contributed by atoms with Crippen LogP contribution in [0.2, 0.25) is 13.3 Å². The molecule has 2 heterocycles. The third-order valence-corrected chi connectivity index (χ3v) is 26.0. The molecule has 6 heteroatoms. The zero-order valence-electron chi connectivity index (χ0n) is 27.7. The average molecular weight is 722 g/mol. The van der Waals surface area contributed by atoms with Gasteiger partial charge in [-0.15, -0.1) is 0 Å². The van der Waals surface area contributed by atoms with Crippen LogP contribution in [-0.4, -0.2) is 53.5 Å². The third kappa shape index (κ3) is 9.21. The van der Waals surface area contributed by atoms with E-state index in [1.54, 1.807) is 0 Å². The molecule has 2 aliphatic rings. The van der Waals surface area contributed by atoms with Crippen LogP contribution in [0.5, 0.6) is 0 Å². The molecule has 0 N–H and O–H groups in total. The Morgan fingerprint density at radius 1 is 0.622 bits per heavy atom. The van der Waals surface area contributed by atoms with Crippen LogP contribution < -0.4 is 0 Å². The molecule has 0 aliphatic carbocycles. The minimum absolute atomic E-state index is 0.0789. The van der Waals surface area contributed by atoms with Crippen LogP contribution in [0.1, 0.15) is 82.3 Å². The van der Waals surface area contributed by atoms with Gasteiger partial charge in [-0.25, -0.2) is 0 Å². The fourth-order valence-electron chi connectivity index (χ4n) is 7.15. The van der Waals surface area contributed by atoms with Crippen molar-refractivity contribution in [2.24, 2.45) is 0 Å². The molecule has 5 rings (SSSR count). The molecule has 0 aromatic heterocycles. The van der Waals surface area contributed by atoms with E-state index in [0.717, 1.165) is 11.1 Å². The van der Waals surface area contributed by atoms with Gasteiger partial charge in [0, 0.05) is 0 Å². The normalized spacial score (nSPS) is 25.1. The van der Waals surface area contributed by atoms with Crippen LogP contribution >= 0.6 is 0 Å². The molecule has 0 bridgehead atoms. The van der Waals surface area contributed by atoms with Gasteiger partial charge >= 0.3 is 277 Å². The van der Waals surface area contributed by atoms with Crippen LogP contribution in [0.15, 0.2) is 91.0 Å². The van der Waals surface area contributed by atoms with Gasteiger partial charge in [-0.1, -0.05) is 0 Å². The molecule has 6 atom stereocenters. The Morgan fingerprint density at radius 2 is 1.11 bits per heavy atom. The molecule has 0 spiro atoms. The Labute approximate surface area is 275 Å². The monoisotopic (exact) mass is 722 g/mol.